The van der Waals surface area contributed by atoms with Crippen molar-refractivity contribution in [2.75, 3.05) is 13.2 Å². The molecule has 0 saturated carbocycles. The smallest absolute Gasteiger partial charge is 0.249 e. The van der Waals surface area contributed by atoms with Gasteiger partial charge in [-0.15, -0.1) is 0 Å². The van der Waals surface area contributed by atoms with Crippen molar-refractivity contribution >= 4 is 5.91 Å². The van der Waals surface area contributed by atoms with Gasteiger partial charge < -0.3 is 4.74 Å². The molecular weight excluding hydrogens is 302 g/mol. The van der Waals surface area contributed by atoms with Crippen molar-refractivity contribution < 1.29 is 14.4 Å². The number of carbonyl (C=O) groups is 1. The van der Waals surface area contributed by atoms with Crippen molar-refractivity contribution in [3.8, 4) is 5.75 Å². The quantitative estimate of drug-likeness (QED) is 0.869. The number of amides is 1. The summed E-state index contributed by atoms with van der Waals surface area (Å²) in [5.74, 6) is 0.981. The van der Waals surface area contributed by atoms with Gasteiger partial charge in [0, 0.05) is 17.4 Å². The largest absolute Gasteiger partial charge is 0.493 e. The van der Waals surface area contributed by atoms with Crippen LogP contribution in [0.1, 0.15) is 24.1 Å². The second kappa shape index (κ2) is 6.29. The number of hydrogen-bond donors (Lipinski definition) is 0. The number of carbonyl (C=O) groups excluding carboxylic acids is 1. The topological polar surface area (TPSA) is 38.8 Å². The highest BCUT2D eigenvalue weighted by Gasteiger charge is 2.44. The minimum absolute atomic E-state index is 0.0410. The second-order valence-corrected chi connectivity index (χ2v) is 6.60. The first-order chi connectivity index (χ1) is 11.7. The summed E-state index contributed by atoms with van der Waals surface area (Å²) in [4.78, 5) is 18.8. The Hall–Kier alpha value is -2.33. The number of rotatable bonds is 3. The Labute approximate surface area is 141 Å². The first kappa shape index (κ1) is 15.2. The zero-order valence-corrected chi connectivity index (χ0v) is 13.7. The number of hydrogen-bond acceptors (Lipinski definition) is 3. The van der Waals surface area contributed by atoms with E-state index in [1.807, 2.05) is 49.4 Å². The number of hydroxylamine groups is 2. The average molecular weight is 323 g/mol. The van der Waals surface area contributed by atoms with E-state index >= 15 is 0 Å². The standard InChI is InChI=1S/C20H21NO3/c1-14(11-15-7-3-2-4-8-15)20(22)21-19-16(13-24-21)12-23-18-10-6-5-9-17(18)19/h2-10,14,16,19H,11-13H2,1H3. The van der Waals surface area contributed by atoms with Gasteiger partial charge in [0.15, 0.2) is 0 Å². The molecule has 3 unspecified atom stereocenters. The first-order valence-corrected chi connectivity index (χ1v) is 8.45. The van der Waals surface area contributed by atoms with Crippen LogP contribution in [0.2, 0.25) is 0 Å². The van der Waals surface area contributed by atoms with Gasteiger partial charge in [-0.3, -0.25) is 9.63 Å². The highest BCUT2D eigenvalue weighted by Crippen LogP contribution is 2.43. The summed E-state index contributed by atoms with van der Waals surface area (Å²) in [7, 11) is 0. The lowest BCUT2D eigenvalue weighted by molar-refractivity contribution is -0.181. The molecule has 2 aliphatic heterocycles. The van der Waals surface area contributed by atoms with Crippen molar-refractivity contribution in [1.82, 2.24) is 5.06 Å². The third-order valence-corrected chi connectivity index (χ3v) is 4.84. The van der Waals surface area contributed by atoms with Gasteiger partial charge in [-0.05, 0) is 18.1 Å². The van der Waals surface area contributed by atoms with Crippen LogP contribution in [0.4, 0.5) is 0 Å². The molecule has 0 spiro atoms. The summed E-state index contributed by atoms with van der Waals surface area (Å²) in [6, 6.07) is 18.0. The number of para-hydroxylation sites is 1. The molecule has 4 rings (SSSR count). The number of benzene rings is 2. The van der Waals surface area contributed by atoms with Crippen molar-refractivity contribution in [3.63, 3.8) is 0 Å². The molecule has 4 heteroatoms. The lowest BCUT2D eigenvalue weighted by Crippen LogP contribution is -2.38. The Morgan fingerprint density at radius 1 is 1.12 bits per heavy atom. The van der Waals surface area contributed by atoms with E-state index in [4.69, 9.17) is 9.57 Å². The van der Waals surface area contributed by atoms with Gasteiger partial charge in [0.05, 0.1) is 19.3 Å². The minimum atomic E-state index is -0.124. The second-order valence-electron chi connectivity index (χ2n) is 6.60. The zero-order valence-electron chi connectivity index (χ0n) is 13.7. The maximum Gasteiger partial charge on any atom is 0.249 e. The predicted octanol–water partition coefficient (Wildman–Crippen LogP) is 3.39. The molecule has 2 aromatic carbocycles. The normalized spacial score (nSPS) is 23.1. The van der Waals surface area contributed by atoms with E-state index in [0.29, 0.717) is 13.2 Å². The third kappa shape index (κ3) is 2.67. The monoisotopic (exact) mass is 323 g/mol. The lowest BCUT2D eigenvalue weighted by Gasteiger charge is -2.32. The summed E-state index contributed by atoms with van der Waals surface area (Å²) in [6.07, 6.45) is 0.717. The van der Waals surface area contributed by atoms with E-state index in [1.165, 1.54) is 5.56 Å². The van der Waals surface area contributed by atoms with E-state index in [1.54, 1.807) is 5.06 Å². The van der Waals surface area contributed by atoms with Gasteiger partial charge in [-0.2, -0.15) is 0 Å². The van der Waals surface area contributed by atoms with E-state index in [2.05, 4.69) is 12.1 Å². The van der Waals surface area contributed by atoms with Crippen LogP contribution < -0.4 is 4.74 Å². The van der Waals surface area contributed by atoms with Crippen LogP contribution in [0.25, 0.3) is 0 Å². The Morgan fingerprint density at radius 3 is 2.71 bits per heavy atom. The molecule has 0 aliphatic carbocycles. The number of fused-ring (bicyclic) bond motifs is 3. The summed E-state index contributed by atoms with van der Waals surface area (Å²) in [5, 5.41) is 1.60. The zero-order chi connectivity index (χ0) is 16.5. The fourth-order valence-electron chi connectivity index (χ4n) is 3.58. The Morgan fingerprint density at radius 2 is 1.88 bits per heavy atom. The van der Waals surface area contributed by atoms with Crippen molar-refractivity contribution in [3.05, 3.63) is 65.7 Å². The fraction of sp³-hybridized carbons (Fsp3) is 0.350. The van der Waals surface area contributed by atoms with Gasteiger partial charge in [0.2, 0.25) is 5.91 Å². The lowest BCUT2D eigenvalue weighted by atomic mass is 9.91. The van der Waals surface area contributed by atoms with E-state index in [9.17, 15) is 4.79 Å². The Balaban J connectivity index is 1.55. The molecule has 0 aromatic heterocycles. The van der Waals surface area contributed by atoms with Crippen LogP contribution in [-0.4, -0.2) is 24.2 Å². The molecule has 1 fully saturated rings. The molecule has 2 aromatic rings. The molecule has 24 heavy (non-hydrogen) atoms. The molecule has 1 amide bonds. The Kier molecular flexibility index (Phi) is 3.98. The number of nitrogens with zero attached hydrogens (tertiary/aromatic N) is 1. The molecule has 2 heterocycles. The number of ether oxygens (including phenoxy) is 1. The van der Waals surface area contributed by atoms with Gasteiger partial charge in [0.1, 0.15) is 5.75 Å². The summed E-state index contributed by atoms with van der Waals surface area (Å²) in [6.45, 7) is 3.10. The maximum atomic E-state index is 13.0. The van der Waals surface area contributed by atoms with Gasteiger partial charge in [-0.1, -0.05) is 55.5 Å². The van der Waals surface area contributed by atoms with Gasteiger partial charge in [0.25, 0.3) is 0 Å². The molecule has 124 valence electrons. The van der Waals surface area contributed by atoms with Crippen LogP contribution in [-0.2, 0) is 16.1 Å². The summed E-state index contributed by atoms with van der Waals surface area (Å²) in [5.41, 5.74) is 2.22. The molecule has 1 saturated heterocycles. The maximum absolute atomic E-state index is 13.0. The summed E-state index contributed by atoms with van der Waals surface area (Å²) < 4.78 is 5.80. The minimum Gasteiger partial charge on any atom is -0.493 e. The highest BCUT2D eigenvalue weighted by molar-refractivity contribution is 5.78. The molecule has 3 atom stereocenters. The molecule has 2 aliphatic rings. The third-order valence-electron chi connectivity index (χ3n) is 4.84. The average Bonchev–Trinajstić information content (AvgIpc) is 3.06. The molecule has 0 radical (unpaired) electrons. The Bertz CT molecular complexity index is 731. The van der Waals surface area contributed by atoms with Crippen LogP contribution in [0.3, 0.4) is 0 Å². The fourth-order valence-corrected chi connectivity index (χ4v) is 3.58. The first-order valence-electron chi connectivity index (χ1n) is 8.45. The van der Waals surface area contributed by atoms with Crippen LogP contribution in [0.5, 0.6) is 5.75 Å². The van der Waals surface area contributed by atoms with E-state index < -0.39 is 0 Å². The molecule has 0 bridgehead atoms. The van der Waals surface area contributed by atoms with E-state index in [-0.39, 0.29) is 23.8 Å². The van der Waals surface area contributed by atoms with Gasteiger partial charge in [-0.25, -0.2) is 5.06 Å². The SMILES string of the molecule is CC(Cc1ccccc1)C(=O)N1OCC2COc3ccccc3C21. The molecular formula is C20H21NO3. The van der Waals surface area contributed by atoms with Gasteiger partial charge >= 0.3 is 0 Å². The van der Waals surface area contributed by atoms with Crippen molar-refractivity contribution in [2.45, 2.75) is 19.4 Å². The van der Waals surface area contributed by atoms with Crippen LogP contribution in [0, 0.1) is 11.8 Å². The highest BCUT2D eigenvalue weighted by atomic mass is 16.7. The molecule has 4 nitrogen and oxygen atoms in total. The predicted molar refractivity (Wildman–Crippen MR) is 90.3 cm³/mol. The van der Waals surface area contributed by atoms with Crippen LogP contribution in [0.15, 0.2) is 54.6 Å². The molecule has 0 N–H and O–H groups in total. The van der Waals surface area contributed by atoms with E-state index in [0.717, 1.165) is 17.7 Å². The van der Waals surface area contributed by atoms with Crippen LogP contribution >= 0.6 is 0 Å². The summed E-state index contributed by atoms with van der Waals surface area (Å²) >= 11 is 0. The van der Waals surface area contributed by atoms with Crippen molar-refractivity contribution in [2.24, 2.45) is 11.8 Å². The van der Waals surface area contributed by atoms with Crippen molar-refractivity contribution in [1.29, 1.82) is 0 Å².